The Labute approximate surface area is 112 Å². The van der Waals surface area contributed by atoms with E-state index in [4.69, 9.17) is 5.73 Å². The van der Waals surface area contributed by atoms with Gasteiger partial charge in [-0.15, -0.1) is 0 Å². The van der Waals surface area contributed by atoms with Gasteiger partial charge in [-0.3, -0.25) is 0 Å². The van der Waals surface area contributed by atoms with Crippen molar-refractivity contribution in [3.8, 4) is 0 Å². The fraction of sp³-hybridized carbons (Fsp3) is 0.154. The molecule has 0 atom stereocenters. The number of aryl methyl sites for hydroxylation is 1. The molecule has 0 aliphatic rings. The number of hydrogen-bond donors (Lipinski definition) is 2. The van der Waals surface area contributed by atoms with Crippen LogP contribution in [0.4, 0.5) is 34.6 Å². The summed E-state index contributed by atoms with van der Waals surface area (Å²) in [7, 11) is 0. The maximum absolute atomic E-state index is 13.2. The summed E-state index contributed by atoms with van der Waals surface area (Å²) in [5.74, 6) is -0.498. The number of aromatic nitrogens is 1. The number of rotatable bonds is 2. The summed E-state index contributed by atoms with van der Waals surface area (Å²) >= 11 is 0. The number of nitrogens with two attached hydrogens (primary N) is 1. The number of pyridine rings is 1. The van der Waals surface area contributed by atoms with E-state index < -0.39 is 17.7 Å². The van der Waals surface area contributed by atoms with E-state index in [-0.39, 0.29) is 11.4 Å². The van der Waals surface area contributed by atoms with Crippen LogP contribution in [0.1, 0.15) is 11.3 Å². The van der Waals surface area contributed by atoms with Gasteiger partial charge in [0.05, 0.1) is 17.6 Å². The number of halogens is 4. The molecular formula is C13H11F4N3. The molecule has 0 aliphatic carbocycles. The van der Waals surface area contributed by atoms with Crippen LogP contribution in [0.3, 0.4) is 0 Å². The summed E-state index contributed by atoms with van der Waals surface area (Å²) in [5.41, 5.74) is 5.61. The Morgan fingerprint density at radius 1 is 1.15 bits per heavy atom. The number of nitrogens with one attached hydrogen (secondary N) is 1. The minimum Gasteiger partial charge on any atom is -0.396 e. The van der Waals surface area contributed by atoms with Crippen LogP contribution in [0.2, 0.25) is 0 Å². The van der Waals surface area contributed by atoms with Gasteiger partial charge in [0.25, 0.3) is 0 Å². The number of benzene rings is 1. The highest BCUT2D eigenvalue weighted by Gasteiger charge is 2.33. The molecule has 0 amide bonds. The van der Waals surface area contributed by atoms with Gasteiger partial charge in [-0.25, -0.2) is 9.37 Å². The average molecular weight is 285 g/mol. The second kappa shape index (κ2) is 4.99. The van der Waals surface area contributed by atoms with Crippen molar-refractivity contribution in [1.29, 1.82) is 0 Å². The highest BCUT2D eigenvalue weighted by atomic mass is 19.4. The molecule has 0 saturated heterocycles. The summed E-state index contributed by atoms with van der Waals surface area (Å²) in [4.78, 5) is 3.23. The van der Waals surface area contributed by atoms with Gasteiger partial charge in [-0.2, -0.15) is 13.2 Å². The quantitative estimate of drug-likeness (QED) is 0.823. The van der Waals surface area contributed by atoms with E-state index in [1.807, 2.05) is 0 Å². The third-order valence-electron chi connectivity index (χ3n) is 2.69. The second-order valence-electron chi connectivity index (χ2n) is 4.24. The molecule has 0 bridgehead atoms. The number of alkyl halides is 3. The number of hydrogen-bond acceptors (Lipinski definition) is 3. The molecule has 0 spiro atoms. The molecule has 3 nitrogen and oxygen atoms in total. The summed E-state index contributed by atoms with van der Waals surface area (Å²) < 4.78 is 50.9. The Morgan fingerprint density at radius 3 is 2.50 bits per heavy atom. The van der Waals surface area contributed by atoms with Crippen molar-refractivity contribution in [3.05, 3.63) is 47.5 Å². The highest BCUT2D eigenvalue weighted by molar-refractivity contribution is 5.73. The fourth-order valence-corrected chi connectivity index (χ4v) is 1.60. The van der Waals surface area contributed by atoms with E-state index in [2.05, 4.69) is 10.3 Å². The van der Waals surface area contributed by atoms with Crippen LogP contribution < -0.4 is 11.1 Å². The molecular weight excluding hydrogens is 274 g/mol. The molecule has 1 aromatic heterocycles. The highest BCUT2D eigenvalue weighted by Crippen LogP contribution is 2.32. The molecule has 106 valence electrons. The van der Waals surface area contributed by atoms with Crippen LogP contribution in [0.15, 0.2) is 30.5 Å². The summed E-state index contributed by atoms with van der Waals surface area (Å²) in [6.07, 6.45) is -3.65. The van der Waals surface area contributed by atoms with Crippen LogP contribution in [0, 0.1) is 12.7 Å². The van der Waals surface area contributed by atoms with Gasteiger partial charge in [0, 0.05) is 5.69 Å². The molecule has 3 N–H and O–H groups in total. The lowest BCUT2D eigenvalue weighted by atomic mass is 10.2. The zero-order valence-electron chi connectivity index (χ0n) is 10.4. The monoisotopic (exact) mass is 285 g/mol. The largest absolute Gasteiger partial charge is 0.433 e. The number of nitrogens with zero attached hydrogens (tertiary/aromatic N) is 1. The molecule has 1 heterocycles. The van der Waals surface area contributed by atoms with E-state index in [0.29, 0.717) is 11.3 Å². The lowest BCUT2D eigenvalue weighted by Gasteiger charge is -2.14. The van der Waals surface area contributed by atoms with Gasteiger partial charge in [-0.1, -0.05) is 6.07 Å². The molecule has 0 saturated carbocycles. The Morgan fingerprint density at radius 2 is 1.85 bits per heavy atom. The molecule has 0 fully saturated rings. The van der Waals surface area contributed by atoms with Crippen molar-refractivity contribution in [3.63, 3.8) is 0 Å². The maximum atomic E-state index is 13.2. The standard InChI is InChI=1S/C13H11F4N3/c1-7-2-3-8(14)4-10(7)20-11-5-12(13(15,16)17)19-6-9(11)18/h2-6H,18H2,1H3,(H,19,20). The van der Waals surface area contributed by atoms with Crippen molar-refractivity contribution >= 4 is 17.1 Å². The van der Waals surface area contributed by atoms with Crippen molar-refractivity contribution < 1.29 is 17.6 Å². The second-order valence-corrected chi connectivity index (χ2v) is 4.24. The van der Waals surface area contributed by atoms with Gasteiger partial charge in [-0.05, 0) is 30.7 Å². The van der Waals surface area contributed by atoms with Gasteiger partial charge in [0.2, 0.25) is 0 Å². The molecule has 0 aliphatic heterocycles. The Hall–Kier alpha value is -2.31. The smallest absolute Gasteiger partial charge is 0.396 e. The predicted octanol–water partition coefficient (Wildman–Crippen LogP) is 3.87. The minimum absolute atomic E-state index is 0.0287. The average Bonchev–Trinajstić information content (AvgIpc) is 2.35. The van der Waals surface area contributed by atoms with Crippen LogP contribution in [-0.2, 0) is 6.18 Å². The predicted molar refractivity (Wildman–Crippen MR) is 68.1 cm³/mol. The Balaban J connectivity index is 2.40. The van der Waals surface area contributed by atoms with Gasteiger partial charge < -0.3 is 11.1 Å². The van der Waals surface area contributed by atoms with Crippen LogP contribution >= 0.6 is 0 Å². The van der Waals surface area contributed by atoms with E-state index in [9.17, 15) is 17.6 Å². The topological polar surface area (TPSA) is 50.9 Å². The minimum atomic E-state index is -4.57. The summed E-state index contributed by atoms with van der Waals surface area (Å²) in [6.45, 7) is 1.70. The van der Waals surface area contributed by atoms with Crippen LogP contribution in [0.25, 0.3) is 0 Å². The molecule has 7 heteroatoms. The summed E-state index contributed by atoms with van der Waals surface area (Å²) in [6, 6.07) is 4.75. The first kappa shape index (κ1) is 14.1. The summed E-state index contributed by atoms with van der Waals surface area (Å²) in [5, 5.41) is 2.69. The van der Waals surface area contributed by atoms with Gasteiger partial charge >= 0.3 is 6.18 Å². The normalized spacial score (nSPS) is 11.4. The van der Waals surface area contributed by atoms with Crippen LogP contribution in [-0.4, -0.2) is 4.98 Å². The Bertz CT molecular complexity index is 638. The van der Waals surface area contributed by atoms with Gasteiger partial charge in [0.1, 0.15) is 11.5 Å². The molecule has 20 heavy (non-hydrogen) atoms. The fourth-order valence-electron chi connectivity index (χ4n) is 1.60. The third-order valence-corrected chi connectivity index (χ3v) is 2.69. The maximum Gasteiger partial charge on any atom is 0.433 e. The van der Waals surface area contributed by atoms with Crippen molar-refractivity contribution in [2.75, 3.05) is 11.1 Å². The van der Waals surface area contributed by atoms with Crippen LogP contribution in [0.5, 0.6) is 0 Å². The third kappa shape index (κ3) is 2.98. The SMILES string of the molecule is Cc1ccc(F)cc1Nc1cc(C(F)(F)F)ncc1N. The molecule has 2 rings (SSSR count). The molecule has 1 aromatic carbocycles. The number of nitrogen functional groups attached to an aromatic ring is 1. The zero-order valence-corrected chi connectivity index (χ0v) is 10.4. The lowest BCUT2D eigenvalue weighted by molar-refractivity contribution is -0.141. The molecule has 0 radical (unpaired) electrons. The first-order valence-electron chi connectivity index (χ1n) is 5.63. The van der Waals surface area contributed by atoms with E-state index in [0.717, 1.165) is 12.3 Å². The van der Waals surface area contributed by atoms with E-state index in [1.54, 1.807) is 6.92 Å². The van der Waals surface area contributed by atoms with Crippen molar-refractivity contribution in [2.24, 2.45) is 0 Å². The first-order chi connectivity index (χ1) is 9.27. The zero-order chi connectivity index (χ0) is 14.9. The van der Waals surface area contributed by atoms with Crippen molar-refractivity contribution in [2.45, 2.75) is 13.1 Å². The number of anilines is 3. The Kier molecular flexibility index (Phi) is 3.52. The van der Waals surface area contributed by atoms with E-state index >= 15 is 0 Å². The lowest BCUT2D eigenvalue weighted by Crippen LogP contribution is -2.09. The molecule has 0 unspecified atom stereocenters. The van der Waals surface area contributed by atoms with Gasteiger partial charge in [0.15, 0.2) is 0 Å². The molecule has 2 aromatic rings. The first-order valence-corrected chi connectivity index (χ1v) is 5.63. The van der Waals surface area contributed by atoms with Crippen molar-refractivity contribution in [1.82, 2.24) is 4.98 Å². The van der Waals surface area contributed by atoms with E-state index in [1.165, 1.54) is 18.2 Å².